The first-order valence-electron chi connectivity index (χ1n) is 5.34. The van der Waals surface area contributed by atoms with Crippen LogP contribution >= 0.6 is 0 Å². The molecule has 5 nitrogen and oxygen atoms in total. The zero-order valence-corrected chi connectivity index (χ0v) is 8.98. The minimum Gasteiger partial charge on any atom is -0.466 e. The normalized spacial score (nSPS) is 27.4. The number of carbonyl (C=O) groups is 1. The van der Waals surface area contributed by atoms with Gasteiger partial charge in [0.1, 0.15) is 5.84 Å². The molecule has 0 amide bonds. The van der Waals surface area contributed by atoms with Crippen molar-refractivity contribution in [3.63, 3.8) is 0 Å². The molecule has 1 rings (SSSR count). The number of rotatable bonds is 3. The Hall–Kier alpha value is -1.26. The van der Waals surface area contributed by atoms with Gasteiger partial charge in [-0.25, -0.2) is 0 Å². The summed E-state index contributed by atoms with van der Waals surface area (Å²) in [4.78, 5) is 11.6. The highest BCUT2D eigenvalue weighted by molar-refractivity contribution is 5.87. The van der Waals surface area contributed by atoms with Crippen molar-refractivity contribution in [2.75, 3.05) is 6.61 Å². The summed E-state index contributed by atoms with van der Waals surface area (Å²) in [6.07, 6.45) is 3.56. The summed E-state index contributed by atoms with van der Waals surface area (Å²) < 4.78 is 4.98. The highest BCUT2D eigenvalue weighted by atomic mass is 16.5. The van der Waals surface area contributed by atoms with E-state index in [1.165, 1.54) is 0 Å². The second kappa shape index (κ2) is 5.58. The molecule has 0 saturated heterocycles. The third-order valence-electron chi connectivity index (χ3n) is 2.85. The van der Waals surface area contributed by atoms with Crippen LogP contribution in [0.2, 0.25) is 0 Å². The van der Waals surface area contributed by atoms with Gasteiger partial charge in [0.05, 0.1) is 12.5 Å². The summed E-state index contributed by atoms with van der Waals surface area (Å²) in [6, 6.07) is 0. The Morgan fingerprint density at radius 2 is 2.07 bits per heavy atom. The summed E-state index contributed by atoms with van der Waals surface area (Å²) in [5.41, 5.74) is 5.56. The van der Waals surface area contributed by atoms with Crippen LogP contribution in [0.15, 0.2) is 5.16 Å². The van der Waals surface area contributed by atoms with Gasteiger partial charge in [-0.3, -0.25) is 4.79 Å². The van der Waals surface area contributed by atoms with Crippen LogP contribution in [-0.4, -0.2) is 23.6 Å². The number of nitrogens with two attached hydrogens (primary N) is 1. The molecule has 0 aromatic rings. The fraction of sp³-hybridized carbons (Fsp3) is 0.800. The molecule has 86 valence electrons. The summed E-state index contributed by atoms with van der Waals surface area (Å²) in [7, 11) is 0. The molecule has 1 saturated carbocycles. The SMILES string of the molecule is CCOC(=O)C1CCCCC1C(N)=NO. The number of ether oxygens (including phenoxy) is 1. The van der Waals surface area contributed by atoms with Gasteiger partial charge in [0.25, 0.3) is 0 Å². The highest BCUT2D eigenvalue weighted by Crippen LogP contribution is 2.31. The molecule has 1 aliphatic carbocycles. The standard InChI is InChI=1S/C10H18N2O3/c1-2-15-10(13)8-6-4-3-5-7(8)9(11)12-14/h7-8,14H,2-6H2,1H3,(H2,11,12). The predicted octanol–water partition coefficient (Wildman–Crippen LogP) is 1.10. The van der Waals surface area contributed by atoms with Gasteiger partial charge in [-0.15, -0.1) is 0 Å². The van der Waals surface area contributed by atoms with Gasteiger partial charge in [-0.2, -0.15) is 0 Å². The van der Waals surface area contributed by atoms with Crippen LogP contribution in [0.1, 0.15) is 32.6 Å². The Labute approximate surface area is 89.3 Å². The lowest BCUT2D eigenvalue weighted by atomic mass is 9.78. The second-order valence-electron chi connectivity index (χ2n) is 3.77. The van der Waals surface area contributed by atoms with E-state index in [2.05, 4.69) is 5.16 Å². The van der Waals surface area contributed by atoms with Gasteiger partial charge in [0, 0.05) is 5.92 Å². The van der Waals surface area contributed by atoms with Crippen molar-refractivity contribution in [2.24, 2.45) is 22.7 Å². The Bertz CT molecular complexity index is 253. The van der Waals surface area contributed by atoms with Gasteiger partial charge >= 0.3 is 5.97 Å². The number of oxime groups is 1. The first-order valence-corrected chi connectivity index (χ1v) is 5.34. The quantitative estimate of drug-likeness (QED) is 0.242. The van der Waals surface area contributed by atoms with Crippen molar-refractivity contribution in [1.82, 2.24) is 0 Å². The topological polar surface area (TPSA) is 84.9 Å². The molecular weight excluding hydrogens is 196 g/mol. The number of nitrogens with zero attached hydrogens (tertiary/aromatic N) is 1. The molecule has 2 atom stereocenters. The minimum absolute atomic E-state index is 0.146. The summed E-state index contributed by atoms with van der Waals surface area (Å²) >= 11 is 0. The molecule has 0 radical (unpaired) electrons. The van der Waals surface area contributed by atoms with Crippen LogP contribution in [0.3, 0.4) is 0 Å². The molecule has 5 heteroatoms. The smallest absolute Gasteiger partial charge is 0.309 e. The van der Waals surface area contributed by atoms with Crippen molar-refractivity contribution in [3.8, 4) is 0 Å². The van der Waals surface area contributed by atoms with Crippen molar-refractivity contribution in [3.05, 3.63) is 0 Å². The molecule has 1 aliphatic rings. The highest BCUT2D eigenvalue weighted by Gasteiger charge is 2.34. The summed E-state index contributed by atoms with van der Waals surface area (Å²) in [5, 5.41) is 11.6. The number of hydrogen-bond acceptors (Lipinski definition) is 4. The van der Waals surface area contributed by atoms with Crippen LogP contribution in [0, 0.1) is 11.8 Å². The maximum absolute atomic E-state index is 11.6. The van der Waals surface area contributed by atoms with E-state index in [1.54, 1.807) is 6.92 Å². The largest absolute Gasteiger partial charge is 0.466 e. The third kappa shape index (κ3) is 2.84. The number of carbonyl (C=O) groups excluding carboxylic acids is 1. The molecule has 3 N–H and O–H groups in total. The second-order valence-corrected chi connectivity index (χ2v) is 3.77. The Morgan fingerprint density at radius 1 is 1.47 bits per heavy atom. The first-order chi connectivity index (χ1) is 7.20. The molecule has 0 spiro atoms. The van der Waals surface area contributed by atoms with Crippen molar-refractivity contribution < 1.29 is 14.7 Å². The minimum atomic E-state index is -0.241. The van der Waals surface area contributed by atoms with Crippen LogP contribution in [0.5, 0.6) is 0 Å². The van der Waals surface area contributed by atoms with E-state index >= 15 is 0 Å². The van der Waals surface area contributed by atoms with E-state index in [4.69, 9.17) is 15.7 Å². The van der Waals surface area contributed by atoms with E-state index in [1.807, 2.05) is 0 Å². The van der Waals surface area contributed by atoms with Crippen LogP contribution in [0.25, 0.3) is 0 Å². The zero-order chi connectivity index (χ0) is 11.3. The molecule has 0 heterocycles. The van der Waals surface area contributed by atoms with Gasteiger partial charge < -0.3 is 15.7 Å². The van der Waals surface area contributed by atoms with E-state index in [0.717, 1.165) is 25.7 Å². The maximum Gasteiger partial charge on any atom is 0.309 e. The Balaban J connectivity index is 2.69. The fourth-order valence-corrected chi connectivity index (χ4v) is 2.09. The molecule has 2 unspecified atom stereocenters. The Kier molecular flexibility index (Phi) is 4.39. The molecule has 0 aromatic heterocycles. The number of hydrogen-bond donors (Lipinski definition) is 2. The number of amidine groups is 1. The van der Waals surface area contributed by atoms with Crippen molar-refractivity contribution >= 4 is 11.8 Å². The number of esters is 1. The van der Waals surface area contributed by atoms with E-state index in [-0.39, 0.29) is 23.6 Å². The molecular formula is C10H18N2O3. The van der Waals surface area contributed by atoms with Gasteiger partial charge in [-0.05, 0) is 19.8 Å². The van der Waals surface area contributed by atoms with Crippen molar-refractivity contribution in [2.45, 2.75) is 32.6 Å². The predicted molar refractivity (Wildman–Crippen MR) is 55.5 cm³/mol. The first kappa shape index (κ1) is 11.8. The van der Waals surface area contributed by atoms with Crippen molar-refractivity contribution in [1.29, 1.82) is 0 Å². The molecule has 1 fully saturated rings. The van der Waals surface area contributed by atoms with Crippen LogP contribution in [-0.2, 0) is 9.53 Å². The lowest BCUT2D eigenvalue weighted by molar-refractivity contribution is -0.150. The summed E-state index contributed by atoms with van der Waals surface area (Å²) in [6.45, 7) is 2.15. The van der Waals surface area contributed by atoms with E-state index in [0.29, 0.717) is 6.61 Å². The van der Waals surface area contributed by atoms with Gasteiger partial charge in [0.2, 0.25) is 0 Å². The average Bonchev–Trinajstić information content (AvgIpc) is 2.28. The Morgan fingerprint density at radius 3 is 2.60 bits per heavy atom. The average molecular weight is 214 g/mol. The maximum atomic E-state index is 11.6. The van der Waals surface area contributed by atoms with Crippen LogP contribution < -0.4 is 5.73 Å². The lowest BCUT2D eigenvalue weighted by Crippen LogP contribution is -2.37. The molecule has 15 heavy (non-hydrogen) atoms. The van der Waals surface area contributed by atoms with Gasteiger partial charge in [-0.1, -0.05) is 18.0 Å². The van der Waals surface area contributed by atoms with E-state index in [9.17, 15) is 4.79 Å². The molecule has 0 aliphatic heterocycles. The monoisotopic (exact) mass is 214 g/mol. The third-order valence-corrected chi connectivity index (χ3v) is 2.85. The molecule has 0 aromatic carbocycles. The van der Waals surface area contributed by atoms with Gasteiger partial charge in [0.15, 0.2) is 0 Å². The molecule has 0 bridgehead atoms. The van der Waals surface area contributed by atoms with Crippen LogP contribution in [0.4, 0.5) is 0 Å². The lowest BCUT2D eigenvalue weighted by Gasteiger charge is -2.28. The fourth-order valence-electron chi connectivity index (χ4n) is 2.09. The van der Waals surface area contributed by atoms with E-state index < -0.39 is 0 Å². The zero-order valence-electron chi connectivity index (χ0n) is 8.98. The summed E-state index contributed by atoms with van der Waals surface area (Å²) in [5.74, 6) is -0.487.